The van der Waals surface area contributed by atoms with Crippen molar-refractivity contribution in [2.75, 3.05) is 23.7 Å². The summed E-state index contributed by atoms with van der Waals surface area (Å²) in [5, 5.41) is 12.5. The van der Waals surface area contributed by atoms with Crippen molar-refractivity contribution in [3.63, 3.8) is 0 Å². The molecule has 40 heavy (non-hydrogen) atoms. The summed E-state index contributed by atoms with van der Waals surface area (Å²) < 4.78 is 5.27. The Morgan fingerprint density at radius 2 is 1.80 bits per heavy atom. The van der Waals surface area contributed by atoms with Crippen molar-refractivity contribution in [3.05, 3.63) is 36.4 Å². The van der Waals surface area contributed by atoms with Gasteiger partial charge in [-0.05, 0) is 107 Å². The van der Waals surface area contributed by atoms with Gasteiger partial charge in [-0.1, -0.05) is 26.0 Å². The molecule has 3 fully saturated rings. The molecule has 3 amide bonds. The summed E-state index contributed by atoms with van der Waals surface area (Å²) in [4.78, 5) is 37.5. The second-order valence-corrected chi connectivity index (χ2v) is 13.8. The van der Waals surface area contributed by atoms with Crippen molar-refractivity contribution in [2.24, 2.45) is 34.5 Å². The smallest absolute Gasteiger partial charge is 0.407 e. The number of carbonyl (C=O) groups excluding carboxylic acids is 3. The first-order valence-electron chi connectivity index (χ1n) is 15.0. The first-order valence-corrected chi connectivity index (χ1v) is 15.0. The van der Waals surface area contributed by atoms with Crippen LogP contribution in [0.2, 0.25) is 0 Å². The second kappa shape index (κ2) is 10.7. The minimum Gasteiger partial charge on any atom is -0.444 e. The molecule has 218 valence electrons. The molecule has 0 saturated heterocycles. The summed E-state index contributed by atoms with van der Waals surface area (Å²) in [5.74, 6) is 1.85. The summed E-state index contributed by atoms with van der Waals surface area (Å²) in [6.45, 7) is 11.2. The van der Waals surface area contributed by atoms with E-state index < -0.39 is 11.7 Å². The Bertz CT molecular complexity index is 1180. The maximum atomic E-state index is 13.7. The van der Waals surface area contributed by atoms with E-state index in [1.807, 2.05) is 45.0 Å². The molecule has 7 atom stereocenters. The molecule has 1 aromatic rings. The minimum atomic E-state index is -0.525. The van der Waals surface area contributed by atoms with Gasteiger partial charge < -0.3 is 26.0 Å². The Morgan fingerprint density at radius 1 is 1.02 bits per heavy atom. The van der Waals surface area contributed by atoms with Crippen LogP contribution in [0, 0.1) is 34.5 Å². The lowest BCUT2D eigenvalue weighted by atomic mass is 9.48. The van der Waals surface area contributed by atoms with E-state index in [-0.39, 0.29) is 34.6 Å². The Labute approximate surface area is 238 Å². The van der Waals surface area contributed by atoms with Gasteiger partial charge in [0.25, 0.3) is 0 Å². The van der Waals surface area contributed by atoms with Gasteiger partial charge in [0.05, 0.1) is 0 Å². The second-order valence-electron chi connectivity index (χ2n) is 13.8. The van der Waals surface area contributed by atoms with Gasteiger partial charge in [-0.15, -0.1) is 0 Å². The van der Waals surface area contributed by atoms with Gasteiger partial charge >= 0.3 is 6.09 Å². The van der Waals surface area contributed by atoms with Crippen molar-refractivity contribution in [2.45, 2.75) is 84.8 Å². The van der Waals surface area contributed by atoms with Crippen LogP contribution in [0.3, 0.4) is 0 Å². The van der Waals surface area contributed by atoms with Crippen LogP contribution < -0.4 is 21.3 Å². The molecule has 0 spiro atoms. The zero-order valence-corrected chi connectivity index (χ0v) is 24.6. The molecular formula is C32H46N4O4. The fourth-order valence-electron chi connectivity index (χ4n) is 8.39. The summed E-state index contributed by atoms with van der Waals surface area (Å²) in [7, 11) is 0. The zero-order chi connectivity index (χ0) is 28.7. The van der Waals surface area contributed by atoms with Crippen molar-refractivity contribution < 1.29 is 19.1 Å². The Kier molecular flexibility index (Phi) is 7.66. The maximum absolute atomic E-state index is 13.7. The van der Waals surface area contributed by atoms with Crippen LogP contribution in [0.5, 0.6) is 0 Å². The standard InChI is InChI=1S/C32H46N4O4/c1-30(2,3)40-29(39)34-18-17-33-20-7-6-8-21(19-20)35-28(38)25-11-10-23-22-9-12-26-32(5,16-14-27(37)36-26)24(22)13-15-31(23,25)4/h6-8,14,16,19,22-26,33H,9-13,15,17-18H2,1-5H3,(H,34,39)(H,35,38)(H,36,37)/t22-,23-,24-,25+,26+,31-,32+/m0/s1. The highest BCUT2D eigenvalue weighted by molar-refractivity contribution is 5.94. The van der Waals surface area contributed by atoms with Gasteiger partial charge in [0.15, 0.2) is 0 Å². The summed E-state index contributed by atoms with van der Waals surface area (Å²) in [6.07, 6.45) is 9.81. The molecule has 5 rings (SSSR count). The average Bonchev–Trinajstić information content (AvgIpc) is 3.24. The highest BCUT2D eigenvalue weighted by atomic mass is 16.6. The van der Waals surface area contributed by atoms with E-state index in [0.717, 1.165) is 49.9 Å². The summed E-state index contributed by atoms with van der Waals surface area (Å²) in [6, 6.07) is 7.99. The monoisotopic (exact) mass is 550 g/mol. The molecular weight excluding hydrogens is 504 g/mol. The molecule has 1 aromatic carbocycles. The molecule has 4 aliphatic rings. The SMILES string of the molecule is CC(C)(C)OC(=O)NCCNc1cccc(NC(=O)[C@H]2CC[C@H]3[C@@H]4CC[C@H]5NC(=O)C=C[C@]5(C)[C@H]4CC[C@]23C)c1. The van der Waals surface area contributed by atoms with E-state index in [1.165, 1.54) is 0 Å². The van der Waals surface area contributed by atoms with Crippen LogP contribution in [0.4, 0.5) is 16.2 Å². The number of rotatable bonds is 6. The Balaban J connectivity index is 1.18. The van der Waals surface area contributed by atoms with E-state index in [0.29, 0.717) is 30.8 Å². The van der Waals surface area contributed by atoms with Crippen LogP contribution in [0.25, 0.3) is 0 Å². The van der Waals surface area contributed by atoms with Gasteiger partial charge in [0, 0.05) is 41.8 Å². The molecule has 1 aliphatic heterocycles. The predicted molar refractivity (Wildman–Crippen MR) is 157 cm³/mol. The van der Waals surface area contributed by atoms with E-state index in [9.17, 15) is 14.4 Å². The number of hydrogen-bond acceptors (Lipinski definition) is 5. The van der Waals surface area contributed by atoms with Crippen LogP contribution in [0.15, 0.2) is 36.4 Å². The lowest BCUT2D eigenvalue weighted by molar-refractivity contribution is -0.129. The Morgan fingerprint density at radius 3 is 2.58 bits per heavy atom. The molecule has 0 aromatic heterocycles. The quantitative estimate of drug-likeness (QED) is 0.351. The number of benzene rings is 1. The average molecular weight is 551 g/mol. The van der Waals surface area contributed by atoms with Gasteiger partial charge in [-0.2, -0.15) is 0 Å². The fraction of sp³-hybridized carbons (Fsp3) is 0.656. The number of fused-ring (bicyclic) bond motifs is 5. The number of hydrogen-bond donors (Lipinski definition) is 4. The van der Waals surface area contributed by atoms with Gasteiger partial charge in [-0.25, -0.2) is 4.79 Å². The first-order chi connectivity index (χ1) is 18.9. The van der Waals surface area contributed by atoms with Crippen molar-refractivity contribution in [1.29, 1.82) is 0 Å². The third kappa shape index (κ3) is 5.59. The molecule has 0 unspecified atom stereocenters. The highest BCUT2D eigenvalue weighted by Gasteiger charge is 2.60. The van der Waals surface area contributed by atoms with Crippen LogP contribution in [0.1, 0.15) is 73.1 Å². The molecule has 3 aliphatic carbocycles. The molecule has 3 saturated carbocycles. The number of alkyl carbamates (subject to hydrolysis) is 1. The predicted octanol–water partition coefficient (Wildman–Crippen LogP) is 5.48. The van der Waals surface area contributed by atoms with E-state index >= 15 is 0 Å². The number of amides is 3. The normalized spacial score (nSPS) is 34.5. The van der Waals surface area contributed by atoms with E-state index in [1.54, 1.807) is 6.08 Å². The van der Waals surface area contributed by atoms with Crippen molar-refractivity contribution >= 4 is 29.3 Å². The maximum Gasteiger partial charge on any atom is 0.407 e. The number of ether oxygens (including phenoxy) is 1. The lowest BCUT2D eigenvalue weighted by Crippen LogP contribution is -2.59. The number of nitrogens with one attached hydrogen (secondary N) is 4. The third-order valence-corrected chi connectivity index (χ3v) is 10.3. The number of anilines is 2. The lowest BCUT2D eigenvalue weighted by Gasteiger charge is -2.58. The largest absolute Gasteiger partial charge is 0.444 e. The molecule has 1 heterocycles. The van der Waals surface area contributed by atoms with Gasteiger partial charge in [0.1, 0.15) is 5.60 Å². The van der Waals surface area contributed by atoms with Crippen LogP contribution >= 0.6 is 0 Å². The van der Waals surface area contributed by atoms with Gasteiger partial charge in [-0.3, -0.25) is 9.59 Å². The minimum absolute atomic E-state index is 0.000208. The third-order valence-electron chi connectivity index (χ3n) is 10.3. The highest BCUT2D eigenvalue weighted by Crippen LogP contribution is 2.65. The molecule has 4 N–H and O–H groups in total. The van der Waals surface area contributed by atoms with Gasteiger partial charge in [0.2, 0.25) is 11.8 Å². The van der Waals surface area contributed by atoms with Crippen molar-refractivity contribution in [1.82, 2.24) is 10.6 Å². The zero-order valence-electron chi connectivity index (χ0n) is 24.6. The van der Waals surface area contributed by atoms with Crippen LogP contribution in [-0.2, 0) is 14.3 Å². The first kappa shape index (κ1) is 28.5. The molecule has 0 bridgehead atoms. The fourth-order valence-corrected chi connectivity index (χ4v) is 8.39. The number of carbonyl (C=O) groups is 3. The topological polar surface area (TPSA) is 109 Å². The molecule has 8 nitrogen and oxygen atoms in total. The molecule has 0 radical (unpaired) electrons. The molecule has 8 heteroatoms. The van der Waals surface area contributed by atoms with Crippen molar-refractivity contribution in [3.8, 4) is 0 Å². The summed E-state index contributed by atoms with van der Waals surface area (Å²) in [5.41, 5.74) is 1.15. The van der Waals surface area contributed by atoms with E-state index in [4.69, 9.17) is 4.74 Å². The summed E-state index contributed by atoms with van der Waals surface area (Å²) >= 11 is 0. The van der Waals surface area contributed by atoms with Crippen LogP contribution in [-0.4, -0.2) is 42.6 Å². The Hall–Kier alpha value is -3.03. The van der Waals surface area contributed by atoms with E-state index in [2.05, 4.69) is 41.2 Å².